The average Bonchev–Trinajstić information content (AvgIpc) is 2.73. The summed E-state index contributed by atoms with van der Waals surface area (Å²) in [4.78, 5) is 14.6. The summed E-state index contributed by atoms with van der Waals surface area (Å²) < 4.78 is 26.0. The number of sulfonamides is 1. The maximum atomic E-state index is 12.7. The first-order valence-corrected chi connectivity index (χ1v) is 13.0. The molecule has 1 saturated heterocycles. The van der Waals surface area contributed by atoms with Gasteiger partial charge in [0.2, 0.25) is 15.9 Å². The highest BCUT2D eigenvalue weighted by molar-refractivity contribution is 7.92. The van der Waals surface area contributed by atoms with Crippen molar-refractivity contribution in [3.05, 3.63) is 64.7 Å². The van der Waals surface area contributed by atoms with E-state index in [9.17, 15) is 13.2 Å². The maximum absolute atomic E-state index is 12.7. The molecule has 5 nitrogen and oxygen atoms in total. The summed E-state index contributed by atoms with van der Waals surface area (Å²) in [5, 5.41) is 0.490. The summed E-state index contributed by atoms with van der Waals surface area (Å²) in [5.41, 5.74) is 2.76. The van der Waals surface area contributed by atoms with Crippen molar-refractivity contribution in [1.29, 1.82) is 0 Å². The highest BCUT2D eigenvalue weighted by Gasteiger charge is 2.24. The normalized spacial score (nSPS) is 15.1. The lowest BCUT2D eigenvalue weighted by molar-refractivity contribution is -0.132. The Bertz CT molecular complexity index is 987. The summed E-state index contributed by atoms with van der Waals surface area (Å²) in [6.07, 6.45) is 5.09. The lowest BCUT2D eigenvalue weighted by Gasteiger charge is -2.32. The predicted octanol–water partition coefficient (Wildman–Crippen LogP) is 4.68. The molecule has 1 amide bonds. The second kappa shape index (κ2) is 10.5. The molecule has 1 heterocycles. The molecule has 0 bridgehead atoms. The van der Waals surface area contributed by atoms with E-state index in [0.29, 0.717) is 29.5 Å². The van der Waals surface area contributed by atoms with E-state index in [1.165, 1.54) is 16.1 Å². The van der Waals surface area contributed by atoms with Crippen LogP contribution < -0.4 is 4.31 Å². The van der Waals surface area contributed by atoms with Crippen molar-refractivity contribution in [2.24, 2.45) is 5.92 Å². The molecule has 0 radical (unpaired) electrons. The molecule has 0 atom stereocenters. The Morgan fingerprint density at radius 1 is 1.13 bits per heavy atom. The van der Waals surface area contributed by atoms with Crippen LogP contribution in [0.5, 0.6) is 0 Å². The molecule has 0 unspecified atom stereocenters. The van der Waals surface area contributed by atoms with Gasteiger partial charge in [0, 0.05) is 31.1 Å². The molecule has 1 aliphatic heterocycles. The SMILES string of the molecule is Cc1ccc(Cl)cc1N(CCCC(=O)N1CCC(Cc2ccccc2)CC1)S(C)(=O)=O. The summed E-state index contributed by atoms with van der Waals surface area (Å²) in [5.74, 6) is 0.715. The maximum Gasteiger partial charge on any atom is 0.232 e. The van der Waals surface area contributed by atoms with Gasteiger partial charge in [-0.15, -0.1) is 0 Å². The third-order valence-electron chi connectivity index (χ3n) is 5.93. The van der Waals surface area contributed by atoms with E-state index in [1.807, 2.05) is 17.9 Å². The van der Waals surface area contributed by atoms with Gasteiger partial charge in [-0.3, -0.25) is 9.10 Å². The first-order valence-electron chi connectivity index (χ1n) is 10.8. The van der Waals surface area contributed by atoms with Gasteiger partial charge in [0.05, 0.1) is 11.9 Å². The van der Waals surface area contributed by atoms with Gasteiger partial charge in [-0.05, 0) is 61.8 Å². The van der Waals surface area contributed by atoms with E-state index < -0.39 is 10.0 Å². The van der Waals surface area contributed by atoms with Crippen LogP contribution in [-0.4, -0.2) is 45.1 Å². The molecule has 0 aromatic heterocycles. The van der Waals surface area contributed by atoms with Crippen LogP contribution in [-0.2, 0) is 21.2 Å². The van der Waals surface area contributed by atoms with E-state index >= 15 is 0 Å². The van der Waals surface area contributed by atoms with Crippen LogP contribution in [0, 0.1) is 12.8 Å². The van der Waals surface area contributed by atoms with Crippen LogP contribution in [0.4, 0.5) is 5.69 Å². The van der Waals surface area contributed by atoms with Crippen molar-refractivity contribution in [1.82, 2.24) is 4.90 Å². The van der Waals surface area contributed by atoms with Crippen LogP contribution in [0.1, 0.15) is 36.8 Å². The molecule has 0 spiro atoms. The molecule has 1 aliphatic rings. The van der Waals surface area contributed by atoms with Gasteiger partial charge in [-0.25, -0.2) is 8.42 Å². The minimum atomic E-state index is -3.47. The van der Waals surface area contributed by atoms with Gasteiger partial charge in [-0.2, -0.15) is 0 Å². The number of halogens is 1. The monoisotopic (exact) mass is 462 g/mol. The number of benzene rings is 2. The number of hydrogen-bond acceptors (Lipinski definition) is 3. The standard InChI is InChI=1S/C24H31ClN2O3S/c1-19-10-11-22(25)18-23(19)27(31(2,29)30)14-6-9-24(28)26-15-12-21(13-16-26)17-20-7-4-3-5-8-20/h3-5,7-8,10-11,18,21H,6,9,12-17H2,1-2H3. The van der Waals surface area contributed by atoms with Crippen LogP contribution in [0.15, 0.2) is 48.5 Å². The number of rotatable bonds is 8. The predicted molar refractivity (Wildman–Crippen MR) is 127 cm³/mol. The molecule has 0 saturated carbocycles. The van der Waals surface area contributed by atoms with Gasteiger partial charge < -0.3 is 4.90 Å². The largest absolute Gasteiger partial charge is 0.343 e. The van der Waals surface area contributed by atoms with Gasteiger partial charge in [0.15, 0.2) is 0 Å². The van der Waals surface area contributed by atoms with Crippen molar-refractivity contribution in [2.75, 3.05) is 30.2 Å². The van der Waals surface area contributed by atoms with Crippen molar-refractivity contribution >= 4 is 33.2 Å². The van der Waals surface area contributed by atoms with E-state index in [0.717, 1.165) is 37.9 Å². The van der Waals surface area contributed by atoms with Crippen molar-refractivity contribution in [2.45, 2.75) is 39.0 Å². The van der Waals surface area contributed by atoms with E-state index in [1.54, 1.807) is 18.2 Å². The second-order valence-electron chi connectivity index (χ2n) is 8.38. The number of nitrogens with zero attached hydrogens (tertiary/aromatic N) is 2. The number of aryl methyl sites for hydroxylation is 1. The molecule has 3 rings (SSSR count). The zero-order valence-corrected chi connectivity index (χ0v) is 19.8. The van der Waals surface area contributed by atoms with E-state index in [-0.39, 0.29) is 12.5 Å². The van der Waals surface area contributed by atoms with Crippen LogP contribution in [0.3, 0.4) is 0 Å². The fourth-order valence-electron chi connectivity index (χ4n) is 4.18. The highest BCUT2D eigenvalue weighted by atomic mass is 35.5. The molecular weight excluding hydrogens is 432 g/mol. The summed E-state index contributed by atoms with van der Waals surface area (Å²) in [6, 6.07) is 15.7. The van der Waals surface area contributed by atoms with Gasteiger partial charge >= 0.3 is 0 Å². The fourth-order valence-corrected chi connectivity index (χ4v) is 5.36. The highest BCUT2D eigenvalue weighted by Crippen LogP contribution is 2.27. The molecule has 168 valence electrons. The quantitative estimate of drug-likeness (QED) is 0.572. The smallest absolute Gasteiger partial charge is 0.232 e. The molecule has 0 N–H and O–H groups in total. The van der Waals surface area contributed by atoms with Crippen molar-refractivity contribution < 1.29 is 13.2 Å². The first kappa shape index (κ1) is 23.6. The van der Waals surface area contributed by atoms with Crippen LogP contribution in [0.2, 0.25) is 5.02 Å². The molecular formula is C24H31ClN2O3S. The van der Waals surface area contributed by atoms with Gasteiger partial charge in [0.25, 0.3) is 0 Å². The molecule has 1 fully saturated rings. The molecule has 0 aliphatic carbocycles. The average molecular weight is 463 g/mol. The zero-order valence-electron chi connectivity index (χ0n) is 18.3. The van der Waals surface area contributed by atoms with Crippen molar-refractivity contribution in [3.8, 4) is 0 Å². The van der Waals surface area contributed by atoms with E-state index in [2.05, 4.69) is 24.3 Å². The Kier molecular flexibility index (Phi) is 8.00. The molecule has 7 heteroatoms. The topological polar surface area (TPSA) is 57.7 Å². The Hall–Kier alpha value is -2.05. The molecule has 2 aromatic rings. The number of carbonyl (C=O) groups is 1. The third kappa shape index (κ3) is 6.71. The number of hydrogen-bond donors (Lipinski definition) is 0. The number of anilines is 1. The number of piperidine rings is 1. The Morgan fingerprint density at radius 2 is 1.81 bits per heavy atom. The minimum Gasteiger partial charge on any atom is -0.343 e. The fraction of sp³-hybridized carbons (Fsp3) is 0.458. The van der Waals surface area contributed by atoms with Gasteiger partial charge in [-0.1, -0.05) is 48.0 Å². The Balaban J connectivity index is 1.50. The Labute approximate surface area is 191 Å². The van der Waals surface area contributed by atoms with E-state index in [4.69, 9.17) is 11.6 Å². The summed E-state index contributed by atoms with van der Waals surface area (Å²) in [6.45, 7) is 3.67. The van der Waals surface area contributed by atoms with Gasteiger partial charge in [0.1, 0.15) is 0 Å². The van der Waals surface area contributed by atoms with Crippen LogP contribution >= 0.6 is 11.6 Å². The zero-order chi connectivity index (χ0) is 22.4. The number of carbonyl (C=O) groups excluding carboxylic acids is 1. The summed E-state index contributed by atoms with van der Waals surface area (Å²) >= 11 is 6.08. The number of amides is 1. The second-order valence-corrected chi connectivity index (χ2v) is 10.7. The first-order chi connectivity index (χ1) is 14.7. The van der Waals surface area contributed by atoms with Crippen molar-refractivity contribution in [3.63, 3.8) is 0 Å². The molecule has 2 aromatic carbocycles. The lowest BCUT2D eigenvalue weighted by atomic mass is 9.90. The minimum absolute atomic E-state index is 0.106. The molecule has 31 heavy (non-hydrogen) atoms. The summed E-state index contributed by atoms with van der Waals surface area (Å²) in [7, 11) is -3.47. The van der Waals surface area contributed by atoms with Crippen LogP contribution in [0.25, 0.3) is 0 Å². The number of likely N-dealkylation sites (tertiary alicyclic amines) is 1. The third-order valence-corrected chi connectivity index (χ3v) is 7.34. The Morgan fingerprint density at radius 3 is 2.45 bits per heavy atom. The lowest BCUT2D eigenvalue weighted by Crippen LogP contribution is -2.39.